The molecular formula is C22H19ClO7. The Morgan fingerprint density at radius 1 is 1.30 bits per heavy atom. The fourth-order valence-electron chi connectivity index (χ4n) is 3.21. The largest absolute Gasteiger partial charge is 0.479 e. The molecule has 0 radical (unpaired) electrons. The number of halogens is 1. The lowest BCUT2D eigenvalue weighted by molar-refractivity contribution is -0.150. The maximum absolute atomic E-state index is 12.8. The third kappa shape index (κ3) is 3.99. The molecule has 156 valence electrons. The Morgan fingerprint density at radius 3 is 2.93 bits per heavy atom. The van der Waals surface area contributed by atoms with E-state index in [2.05, 4.69) is 0 Å². The summed E-state index contributed by atoms with van der Waals surface area (Å²) in [6, 6.07) is 8.25. The monoisotopic (exact) mass is 430 g/mol. The highest BCUT2D eigenvalue weighted by Crippen LogP contribution is 2.38. The molecule has 2 aliphatic heterocycles. The third-order valence-electron chi connectivity index (χ3n) is 4.56. The van der Waals surface area contributed by atoms with Gasteiger partial charge in [-0.25, -0.2) is 4.79 Å². The fraction of sp³-hybridized carbons (Fsp3) is 0.273. The minimum absolute atomic E-state index is 0.124. The number of hydrogen-bond donors (Lipinski definition) is 0. The molecule has 2 aliphatic rings. The number of ether oxygens (including phenoxy) is 5. The van der Waals surface area contributed by atoms with Crippen molar-refractivity contribution in [1.82, 2.24) is 0 Å². The highest BCUT2D eigenvalue weighted by Gasteiger charge is 2.29. The lowest BCUT2D eigenvalue weighted by atomic mass is 10.1. The second kappa shape index (κ2) is 8.38. The highest BCUT2D eigenvalue weighted by atomic mass is 35.5. The van der Waals surface area contributed by atoms with E-state index in [1.165, 1.54) is 0 Å². The summed E-state index contributed by atoms with van der Waals surface area (Å²) in [5, 5.41) is 0.501. The Balaban J connectivity index is 1.59. The molecule has 0 fully saturated rings. The molecule has 2 aromatic carbocycles. The summed E-state index contributed by atoms with van der Waals surface area (Å²) in [6.07, 6.45) is 0.813. The van der Waals surface area contributed by atoms with Gasteiger partial charge in [0.05, 0.1) is 18.8 Å². The van der Waals surface area contributed by atoms with Gasteiger partial charge in [-0.15, -0.1) is 0 Å². The molecule has 2 heterocycles. The summed E-state index contributed by atoms with van der Waals surface area (Å²) in [7, 11) is 0. The second-order valence-electron chi connectivity index (χ2n) is 6.70. The van der Waals surface area contributed by atoms with Gasteiger partial charge in [-0.05, 0) is 44.2 Å². The van der Waals surface area contributed by atoms with Crippen molar-refractivity contribution < 1.29 is 33.3 Å². The smallest absolute Gasteiger partial charge is 0.347 e. The quantitative estimate of drug-likeness (QED) is 0.520. The molecule has 0 bridgehead atoms. The van der Waals surface area contributed by atoms with Crippen LogP contribution in [0.2, 0.25) is 5.02 Å². The zero-order valence-electron chi connectivity index (χ0n) is 16.4. The van der Waals surface area contributed by atoms with Gasteiger partial charge >= 0.3 is 5.97 Å². The fourth-order valence-corrected chi connectivity index (χ4v) is 3.46. The maximum Gasteiger partial charge on any atom is 0.347 e. The number of benzene rings is 2. The van der Waals surface area contributed by atoms with Gasteiger partial charge in [0.15, 0.2) is 18.7 Å². The van der Waals surface area contributed by atoms with Crippen molar-refractivity contribution in [2.75, 3.05) is 13.4 Å². The molecule has 30 heavy (non-hydrogen) atoms. The van der Waals surface area contributed by atoms with E-state index >= 15 is 0 Å². The minimum Gasteiger partial charge on any atom is -0.479 e. The first kappa shape index (κ1) is 20.3. The summed E-state index contributed by atoms with van der Waals surface area (Å²) < 4.78 is 27.2. The summed E-state index contributed by atoms with van der Waals surface area (Å²) in [4.78, 5) is 24.5. The molecule has 4 rings (SSSR count). The van der Waals surface area contributed by atoms with Crippen molar-refractivity contribution in [3.63, 3.8) is 0 Å². The Kier molecular flexibility index (Phi) is 5.65. The first-order valence-electron chi connectivity index (χ1n) is 9.41. The molecular weight excluding hydrogens is 412 g/mol. The standard InChI is InChI=1S/C22H19ClO7/c1-3-27-22(25)12(2)29-16-4-5-17-18(9-16)30-19(20(17)24)8-13-6-15(23)7-14-10-26-11-28-21(13)14/h4-9,12H,3,10-11H2,1-2H3/b19-8-. The highest BCUT2D eigenvalue weighted by molar-refractivity contribution is 6.31. The molecule has 0 saturated heterocycles. The van der Waals surface area contributed by atoms with Gasteiger partial charge in [0, 0.05) is 22.2 Å². The SMILES string of the molecule is CCOC(=O)C(C)Oc1ccc2c(c1)O/C(=C\c1cc(Cl)cc3c1OCOC3)C2=O. The van der Waals surface area contributed by atoms with E-state index in [0.717, 1.165) is 5.56 Å². The Hall–Kier alpha value is -3.03. The van der Waals surface area contributed by atoms with Crippen LogP contribution in [0.3, 0.4) is 0 Å². The zero-order chi connectivity index (χ0) is 21.3. The minimum atomic E-state index is -0.785. The summed E-state index contributed by atoms with van der Waals surface area (Å²) in [5.74, 6) is 0.753. The Labute approximate surface area is 178 Å². The first-order valence-corrected chi connectivity index (χ1v) is 9.78. The van der Waals surface area contributed by atoms with E-state index in [1.54, 1.807) is 50.3 Å². The van der Waals surface area contributed by atoms with Gasteiger partial charge in [-0.2, -0.15) is 0 Å². The summed E-state index contributed by atoms with van der Waals surface area (Å²) >= 11 is 6.19. The molecule has 0 aliphatic carbocycles. The number of hydrogen-bond acceptors (Lipinski definition) is 7. The van der Waals surface area contributed by atoms with Gasteiger partial charge in [-0.3, -0.25) is 4.79 Å². The summed E-state index contributed by atoms with van der Waals surface area (Å²) in [5.41, 5.74) is 1.83. The van der Waals surface area contributed by atoms with Crippen LogP contribution >= 0.6 is 11.6 Å². The van der Waals surface area contributed by atoms with Gasteiger partial charge in [-0.1, -0.05) is 11.6 Å². The number of Topliss-reactive ketones (excluding diaryl/α,β-unsaturated/α-hetero) is 1. The number of carbonyl (C=O) groups excluding carboxylic acids is 2. The average molecular weight is 431 g/mol. The number of ketones is 1. The van der Waals surface area contributed by atoms with Crippen molar-refractivity contribution in [1.29, 1.82) is 0 Å². The Morgan fingerprint density at radius 2 is 2.13 bits per heavy atom. The van der Waals surface area contributed by atoms with Crippen LogP contribution in [0.4, 0.5) is 0 Å². The van der Waals surface area contributed by atoms with Crippen LogP contribution in [-0.2, 0) is 20.9 Å². The van der Waals surface area contributed by atoms with E-state index in [0.29, 0.717) is 40.0 Å². The van der Waals surface area contributed by atoms with Crippen LogP contribution < -0.4 is 14.2 Å². The van der Waals surface area contributed by atoms with E-state index in [9.17, 15) is 9.59 Å². The van der Waals surface area contributed by atoms with Crippen LogP contribution in [0.25, 0.3) is 6.08 Å². The molecule has 7 nitrogen and oxygen atoms in total. The van der Waals surface area contributed by atoms with Gasteiger partial charge in [0.2, 0.25) is 5.78 Å². The number of esters is 1. The maximum atomic E-state index is 12.8. The lowest BCUT2D eigenvalue weighted by Gasteiger charge is -2.20. The number of rotatable bonds is 5. The normalized spacial score (nSPS) is 16.9. The predicted octanol–water partition coefficient (Wildman–Crippen LogP) is 4.15. The van der Waals surface area contributed by atoms with Crippen molar-refractivity contribution in [3.05, 3.63) is 57.8 Å². The summed E-state index contributed by atoms with van der Waals surface area (Å²) in [6.45, 7) is 4.09. The molecule has 0 amide bonds. The molecule has 0 aromatic heterocycles. The molecule has 1 unspecified atom stereocenters. The number of allylic oxidation sites excluding steroid dienone is 1. The molecule has 1 atom stereocenters. The molecule has 0 N–H and O–H groups in total. The number of carbonyl (C=O) groups is 2. The van der Waals surface area contributed by atoms with E-state index in [1.807, 2.05) is 0 Å². The van der Waals surface area contributed by atoms with E-state index in [4.69, 9.17) is 35.3 Å². The molecule has 0 saturated carbocycles. The Bertz CT molecular complexity index is 1040. The number of fused-ring (bicyclic) bond motifs is 2. The van der Waals surface area contributed by atoms with Crippen molar-refractivity contribution in [2.24, 2.45) is 0 Å². The predicted molar refractivity (Wildman–Crippen MR) is 108 cm³/mol. The van der Waals surface area contributed by atoms with Crippen molar-refractivity contribution >= 4 is 29.4 Å². The van der Waals surface area contributed by atoms with Gasteiger partial charge in [0.1, 0.15) is 17.2 Å². The average Bonchev–Trinajstić information content (AvgIpc) is 3.02. The second-order valence-corrected chi connectivity index (χ2v) is 7.14. The van der Waals surface area contributed by atoms with Crippen LogP contribution in [0, 0.1) is 0 Å². The molecule has 8 heteroatoms. The first-order chi connectivity index (χ1) is 14.5. The van der Waals surface area contributed by atoms with Gasteiger partial charge < -0.3 is 23.7 Å². The van der Waals surface area contributed by atoms with Crippen LogP contribution in [0.15, 0.2) is 36.1 Å². The van der Waals surface area contributed by atoms with Crippen LogP contribution in [0.1, 0.15) is 35.3 Å². The zero-order valence-corrected chi connectivity index (χ0v) is 17.2. The van der Waals surface area contributed by atoms with E-state index < -0.39 is 12.1 Å². The van der Waals surface area contributed by atoms with Crippen LogP contribution in [0.5, 0.6) is 17.2 Å². The molecule has 2 aromatic rings. The topological polar surface area (TPSA) is 80.3 Å². The third-order valence-corrected chi connectivity index (χ3v) is 4.78. The van der Waals surface area contributed by atoms with Crippen molar-refractivity contribution in [2.45, 2.75) is 26.6 Å². The van der Waals surface area contributed by atoms with Crippen molar-refractivity contribution in [3.8, 4) is 17.2 Å². The van der Waals surface area contributed by atoms with E-state index in [-0.39, 0.29) is 24.9 Å². The van der Waals surface area contributed by atoms with Crippen LogP contribution in [-0.4, -0.2) is 31.3 Å². The van der Waals surface area contributed by atoms with Gasteiger partial charge in [0.25, 0.3) is 0 Å². The molecule has 0 spiro atoms. The lowest BCUT2D eigenvalue weighted by Crippen LogP contribution is -2.26.